The van der Waals surface area contributed by atoms with Gasteiger partial charge in [-0.1, -0.05) is 12.1 Å². The van der Waals surface area contributed by atoms with Gasteiger partial charge >= 0.3 is 16.3 Å². The van der Waals surface area contributed by atoms with Crippen LogP contribution in [0.3, 0.4) is 0 Å². The Bertz CT molecular complexity index is 1260. The predicted molar refractivity (Wildman–Crippen MR) is 120 cm³/mol. The summed E-state index contributed by atoms with van der Waals surface area (Å²) in [4.78, 5) is 49.4. The van der Waals surface area contributed by atoms with E-state index in [0.29, 0.717) is 11.4 Å². The molecule has 2 aromatic rings. The van der Waals surface area contributed by atoms with Gasteiger partial charge in [-0.15, -0.1) is 22.7 Å². The Hall–Kier alpha value is -3.15. The van der Waals surface area contributed by atoms with Gasteiger partial charge in [0.15, 0.2) is 10.8 Å². The molecule has 5 N–H and O–H groups in total. The zero-order valence-electron chi connectivity index (χ0n) is 17.8. The number of oxime groups is 1. The smallest absolute Gasteiger partial charge is 0.363 e. The van der Waals surface area contributed by atoms with Crippen molar-refractivity contribution in [1.29, 1.82) is 0 Å². The maximum absolute atomic E-state index is 13.0. The number of carbonyl (C=O) groups excluding carboxylic acids is 2. The number of carboxylic acid groups (broad SMARTS) is 1. The summed E-state index contributed by atoms with van der Waals surface area (Å²) in [6, 6.07) is -1.46. The molecule has 34 heavy (non-hydrogen) atoms. The van der Waals surface area contributed by atoms with Gasteiger partial charge in [0, 0.05) is 10.8 Å². The fourth-order valence-corrected chi connectivity index (χ4v) is 5.84. The third-order valence-corrected chi connectivity index (χ3v) is 7.40. The molecule has 2 aromatic heterocycles. The largest absolute Gasteiger partial charge is 0.479 e. The van der Waals surface area contributed by atoms with Crippen molar-refractivity contribution >= 4 is 61.6 Å². The molecule has 0 aromatic carbocycles. The van der Waals surface area contributed by atoms with Gasteiger partial charge in [0.25, 0.3) is 11.8 Å². The number of aliphatic carboxylic acids is 1. The number of hydrogen-bond acceptors (Lipinski definition) is 12. The molecule has 1 fully saturated rings. The number of amides is 2. The van der Waals surface area contributed by atoms with Crippen molar-refractivity contribution in [3.63, 3.8) is 0 Å². The topological polar surface area (TPSA) is 214 Å². The van der Waals surface area contributed by atoms with Gasteiger partial charge in [-0.2, -0.15) is 8.42 Å². The quantitative estimate of drug-likeness (QED) is 0.138. The normalized spacial score (nSPS) is 20.7. The van der Waals surface area contributed by atoms with Crippen LogP contribution in [-0.2, 0) is 41.5 Å². The van der Waals surface area contributed by atoms with Crippen LogP contribution in [-0.4, -0.2) is 68.5 Å². The standard InChI is InChI=1S/C17H20N6O8S3/c1-3-4-10-20-9(7-32-10)17(2)13(15(27)23(17)34(28,29)30)21-14(26)12(22-31-5-11(24)25)8-6-33-16(18)19-8/h6-7,13H,3-5H2,1-2H3,(H2,18,19)(H,21,26)(H,24,25)(H,28,29,30)/b22-12+/t13-,17-/m1/s1. The Balaban J connectivity index is 1.96. The first-order chi connectivity index (χ1) is 15.9. The van der Waals surface area contributed by atoms with Gasteiger partial charge in [0.05, 0.1) is 10.7 Å². The number of nitrogens with zero attached hydrogens (tertiary/aromatic N) is 4. The Morgan fingerprint density at radius 3 is 2.62 bits per heavy atom. The van der Waals surface area contributed by atoms with Crippen LogP contribution < -0.4 is 11.1 Å². The number of nitrogens with one attached hydrogen (secondary N) is 1. The summed E-state index contributed by atoms with van der Waals surface area (Å²) in [7, 11) is -4.99. The number of nitrogen functional groups attached to an aromatic ring is 1. The lowest BCUT2D eigenvalue weighted by atomic mass is 9.80. The van der Waals surface area contributed by atoms with Gasteiger partial charge in [0.1, 0.15) is 17.3 Å². The Morgan fingerprint density at radius 1 is 1.35 bits per heavy atom. The second-order valence-electron chi connectivity index (χ2n) is 7.19. The number of anilines is 1. The Morgan fingerprint density at radius 2 is 2.06 bits per heavy atom. The summed E-state index contributed by atoms with van der Waals surface area (Å²) in [5.74, 6) is -3.47. The van der Waals surface area contributed by atoms with Crippen LogP contribution in [0.1, 0.15) is 36.7 Å². The summed E-state index contributed by atoms with van der Waals surface area (Å²) < 4.78 is 33.8. The van der Waals surface area contributed by atoms with Crippen molar-refractivity contribution in [3.8, 4) is 0 Å². The zero-order valence-corrected chi connectivity index (χ0v) is 20.2. The van der Waals surface area contributed by atoms with Crippen LogP contribution >= 0.6 is 22.7 Å². The summed E-state index contributed by atoms with van der Waals surface area (Å²) in [5.41, 5.74) is 3.47. The number of aryl methyl sites for hydroxylation is 1. The lowest BCUT2D eigenvalue weighted by molar-refractivity contribution is -0.154. The molecule has 3 rings (SSSR count). The van der Waals surface area contributed by atoms with Crippen LogP contribution in [0.15, 0.2) is 15.9 Å². The molecule has 1 saturated heterocycles. The van der Waals surface area contributed by atoms with Crippen LogP contribution in [0.5, 0.6) is 0 Å². The van der Waals surface area contributed by atoms with Crippen LogP contribution in [0.25, 0.3) is 0 Å². The molecule has 1 aliphatic heterocycles. The number of β-lactam (4-membered cyclic amide) rings is 1. The molecule has 184 valence electrons. The van der Waals surface area contributed by atoms with Crippen molar-refractivity contribution in [3.05, 3.63) is 27.2 Å². The minimum Gasteiger partial charge on any atom is -0.479 e. The van der Waals surface area contributed by atoms with E-state index in [-0.39, 0.29) is 20.8 Å². The van der Waals surface area contributed by atoms with Crippen molar-refractivity contribution in [2.24, 2.45) is 5.16 Å². The second kappa shape index (κ2) is 9.61. The monoisotopic (exact) mass is 532 g/mol. The van der Waals surface area contributed by atoms with E-state index in [4.69, 9.17) is 10.8 Å². The van der Waals surface area contributed by atoms with E-state index < -0.39 is 52.0 Å². The molecule has 1 aliphatic rings. The third-order valence-electron chi connectivity index (χ3n) is 4.79. The first kappa shape index (κ1) is 25.5. The highest BCUT2D eigenvalue weighted by molar-refractivity contribution is 7.84. The fraction of sp³-hybridized carbons (Fsp3) is 0.412. The van der Waals surface area contributed by atoms with E-state index in [9.17, 15) is 27.4 Å². The Labute approximate surface area is 201 Å². The van der Waals surface area contributed by atoms with Gasteiger partial charge in [-0.3, -0.25) is 14.1 Å². The summed E-state index contributed by atoms with van der Waals surface area (Å²) in [5, 5.41) is 18.3. The molecule has 0 saturated carbocycles. The van der Waals surface area contributed by atoms with Crippen molar-refractivity contribution in [1.82, 2.24) is 19.6 Å². The average molecular weight is 533 g/mol. The summed E-state index contributed by atoms with van der Waals surface area (Å²) >= 11 is 2.22. The number of carboxylic acids is 1. The van der Waals surface area contributed by atoms with Crippen LogP contribution in [0.4, 0.5) is 5.13 Å². The van der Waals surface area contributed by atoms with E-state index in [1.54, 1.807) is 5.38 Å². The molecule has 0 spiro atoms. The third kappa shape index (κ3) is 4.86. The SMILES string of the molecule is CCCc1nc([C@]2(C)[C@H](NC(=O)/C(=N/OCC(=O)O)c3csc(N)n3)C(=O)N2S(=O)(=O)O)cs1. The van der Waals surface area contributed by atoms with Gasteiger partial charge in [-0.05, 0) is 19.8 Å². The molecule has 0 bridgehead atoms. The van der Waals surface area contributed by atoms with Crippen molar-refractivity contribution < 1.29 is 37.3 Å². The minimum absolute atomic E-state index is 0.0515. The van der Waals surface area contributed by atoms with Gasteiger partial charge in [-0.25, -0.2) is 19.1 Å². The number of carbonyl (C=O) groups is 3. The van der Waals surface area contributed by atoms with E-state index in [0.717, 1.165) is 17.8 Å². The molecule has 17 heteroatoms. The van der Waals surface area contributed by atoms with E-state index in [2.05, 4.69) is 25.3 Å². The lowest BCUT2D eigenvalue weighted by Crippen LogP contribution is -2.77. The molecule has 2 atom stereocenters. The maximum atomic E-state index is 13.0. The first-order valence-corrected chi connectivity index (χ1v) is 12.8. The molecule has 3 heterocycles. The molecular formula is C17H20N6O8S3. The summed E-state index contributed by atoms with van der Waals surface area (Å²) in [6.45, 7) is 2.41. The van der Waals surface area contributed by atoms with E-state index >= 15 is 0 Å². The minimum atomic E-state index is -4.99. The summed E-state index contributed by atoms with van der Waals surface area (Å²) in [6.07, 6.45) is 1.39. The molecule has 2 amide bonds. The number of thiazole rings is 2. The molecule has 0 aliphatic carbocycles. The number of nitrogens with two attached hydrogens (primary N) is 1. The highest BCUT2D eigenvalue weighted by Crippen LogP contribution is 2.43. The van der Waals surface area contributed by atoms with Gasteiger partial charge < -0.3 is 21.0 Å². The molecule has 14 nitrogen and oxygen atoms in total. The van der Waals surface area contributed by atoms with E-state index in [1.807, 2.05) is 6.92 Å². The van der Waals surface area contributed by atoms with Crippen molar-refractivity contribution in [2.45, 2.75) is 38.3 Å². The maximum Gasteiger partial charge on any atom is 0.363 e. The molecular weight excluding hydrogens is 512 g/mol. The lowest BCUT2D eigenvalue weighted by Gasteiger charge is -2.51. The number of hydrogen-bond donors (Lipinski definition) is 4. The van der Waals surface area contributed by atoms with E-state index in [1.165, 1.54) is 23.6 Å². The van der Waals surface area contributed by atoms with Gasteiger partial charge in [0.2, 0.25) is 6.61 Å². The highest BCUT2D eigenvalue weighted by Gasteiger charge is 2.65. The first-order valence-electron chi connectivity index (χ1n) is 9.60. The number of aromatic nitrogens is 2. The van der Waals surface area contributed by atoms with Crippen molar-refractivity contribution in [2.75, 3.05) is 12.3 Å². The molecule has 0 unspecified atom stereocenters. The van der Waals surface area contributed by atoms with Crippen LogP contribution in [0, 0.1) is 0 Å². The zero-order chi connectivity index (χ0) is 25.3. The number of rotatable bonds is 10. The second-order valence-corrected chi connectivity index (χ2v) is 10.3. The highest BCUT2D eigenvalue weighted by atomic mass is 32.2. The predicted octanol–water partition coefficient (Wildman–Crippen LogP) is -0.0152. The molecule has 0 radical (unpaired) electrons. The fourth-order valence-electron chi connectivity index (χ4n) is 3.27. The van der Waals surface area contributed by atoms with Crippen LogP contribution in [0.2, 0.25) is 0 Å². The average Bonchev–Trinajstić information content (AvgIpc) is 3.37. The Kier molecular flexibility index (Phi) is 7.20.